The smallest absolute Gasteiger partial charge is 0.248 e. The lowest BCUT2D eigenvalue weighted by Gasteiger charge is -2.20. The molecule has 0 atom stereocenters. The normalized spacial score (nSPS) is 17.5. The molecule has 1 fully saturated rings. The first-order valence-corrected chi connectivity index (χ1v) is 5.13. The van der Waals surface area contributed by atoms with Gasteiger partial charge in [0.25, 0.3) is 0 Å². The highest BCUT2D eigenvalue weighted by Crippen LogP contribution is 2.07. The third-order valence-electron chi connectivity index (χ3n) is 2.16. The van der Waals surface area contributed by atoms with E-state index in [1.165, 1.54) is 0 Å². The van der Waals surface area contributed by atoms with Crippen molar-refractivity contribution in [2.75, 3.05) is 26.3 Å². The van der Waals surface area contributed by atoms with Gasteiger partial charge in [0.2, 0.25) is 5.91 Å². The summed E-state index contributed by atoms with van der Waals surface area (Å²) in [5.74, 6) is 0.0896. The molecule has 0 aromatic rings. The molecule has 1 aliphatic heterocycles. The van der Waals surface area contributed by atoms with Gasteiger partial charge in [-0.2, -0.15) is 0 Å². The number of hydrogen-bond acceptors (Lipinski definition) is 3. The summed E-state index contributed by atoms with van der Waals surface area (Å²) in [5, 5.41) is 0. The van der Waals surface area contributed by atoms with Gasteiger partial charge >= 0.3 is 0 Å². The van der Waals surface area contributed by atoms with Crippen molar-refractivity contribution >= 4 is 5.91 Å². The van der Waals surface area contributed by atoms with E-state index in [0.717, 1.165) is 25.9 Å². The first-order valence-electron chi connectivity index (χ1n) is 5.13. The maximum Gasteiger partial charge on any atom is 0.248 e. The standard InChI is InChI=1S/C10H20N2O2/c1-10(2,11)8-14-7-9(13)12-5-3-4-6-12/h3-8,11H2,1-2H3. The van der Waals surface area contributed by atoms with Crippen LogP contribution in [0.4, 0.5) is 0 Å². The second kappa shape index (κ2) is 4.75. The third kappa shape index (κ3) is 4.07. The molecular formula is C10H20N2O2. The predicted molar refractivity (Wildman–Crippen MR) is 54.9 cm³/mol. The van der Waals surface area contributed by atoms with Crippen LogP contribution in [0, 0.1) is 0 Å². The highest BCUT2D eigenvalue weighted by molar-refractivity contribution is 5.77. The minimum absolute atomic E-state index is 0.0896. The van der Waals surface area contributed by atoms with Gasteiger partial charge in [-0.3, -0.25) is 4.79 Å². The maximum absolute atomic E-state index is 11.5. The Balaban J connectivity index is 2.15. The Hall–Kier alpha value is -0.610. The zero-order chi connectivity index (χ0) is 10.6. The summed E-state index contributed by atoms with van der Waals surface area (Å²) >= 11 is 0. The van der Waals surface area contributed by atoms with Gasteiger partial charge in [0.05, 0.1) is 6.61 Å². The van der Waals surface area contributed by atoms with E-state index in [0.29, 0.717) is 6.61 Å². The molecule has 1 rings (SSSR count). The quantitative estimate of drug-likeness (QED) is 0.713. The van der Waals surface area contributed by atoms with Gasteiger partial charge in [0.1, 0.15) is 6.61 Å². The summed E-state index contributed by atoms with van der Waals surface area (Å²) in [6, 6.07) is 0. The molecule has 1 amide bonds. The summed E-state index contributed by atoms with van der Waals surface area (Å²) < 4.78 is 5.26. The molecule has 0 saturated carbocycles. The van der Waals surface area contributed by atoms with Crippen LogP contribution >= 0.6 is 0 Å². The Bertz CT molecular complexity index is 193. The van der Waals surface area contributed by atoms with Crippen molar-refractivity contribution < 1.29 is 9.53 Å². The van der Waals surface area contributed by atoms with Gasteiger partial charge in [-0.1, -0.05) is 0 Å². The van der Waals surface area contributed by atoms with Crippen LogP contribution in [0.15, 0.2) is 0 Å². The van der Waals surface area contributed by atoms with E-state index in [9.17, 15) is 4.79 Å². The first-order chi connectivity index (χ1) is 6.49. The van der Waals surface area contributed by atoms with E-state index in [2.05, 4.69) is 0 Å². The average Bonchev–Trinajstić information content (AvgIpc) is 2.53. The molecule has 0 unspecified atom stereocenters. The van der Waals surface area contributed by atoms with Gasteiger partial charge in [-0.05, 0) is 26.7 Å². The predicted octanol–water partition coefficient (Wildman–Crippen LogP) is 0.363. The number of ether oxygens (including phenoxy) is 1. The summed E-state index contributed by atoms with van der Waals surface area (Å²) in [6.45, 7) is 6.12. The lowest BCUT2D eigenvalue weighted by Crippen LogP contribution is -2.39. The zero-order valence-electron chi connectivity index (χ0n) is 9.08. The van der Waals surface area contributed by atoms with Crippen molar-refractivity contribution in [1.29, 1.82) is 0 Å². The molecule has 14 heavy (non-hydrogen) atoms. The molecule has 4 nitrogen and oxygen atoms in total. The van der Waals surface area contributed by atoms with Crippen LogP contribution < -0.4 is 5.73 Å². The SMILES string of the molecule is CC(C)(N)COCC(=O)N1CCCC1. The highest BCUT2D eigenvalue weighted by Gasteiger charge is 2.18. The van der Waals surface area contributed by atoms with E-state index in [1.54, 1.807) is 0 Å². The van der Waals surface area contributed by atoms with Crippen molar-refractivity contribution in [2.45, 2.75) is 32.2 Å². The molecule has 0 spiro atoms. The second-order valence-corrected chi connectivity index (χ2v) is 4.57. The molecule has 1 heterocycles. The van der Waals surface area contributed by atoms with E-state index in [1.807, 2.05) is 18.7 Å². The van der Waals surface area contributed by atoms with Gasteiger partial charge in [-0.25, -0.2) is 0 Å². The molecule has 4 heteroatoms. The highest BCUT2D eigenvalue weighted by atomic mass is 16.5. The van der Waals surface area contributed by atoms with Gasteiger partial charge < -0.3 is 15.4 Å². The van der Waals surface area contributed by atoms with E-state index < -0.39 is 0 Å². The van der Waals surface area contributed by atoms with Gasteiger partial charge in [0.15, 0.2) is 0 Å². The van der Waals surface area contributed by atoms with E-state index >= 15 is 0 Å². The molecule has 0 aliphatic carbocycles. The summed E-state index contributed by atoms with van der Waals surface area (Å²) in [6.07, 6.45) is 2.24. The number of nitrogens with zero attached hydrogens (tertiary/aromatic N) is 1. The number of carbonyl (C=O) groups excluding carboxylic acids is 1. The Morgan fingerprint density at radius 2 is 2.00 bits per heavy atom. The van der Waals surface area contributed by atoms with Crippen LogP contribution in [-0.4, -0.2) is 42.6 Å². The fourth-order valence-electron chi connectivity index (χ4n) is 1.46. The van der Waals surface area contributed by atoms with Crippen molar-refractivity contribution in [3.8, 4) is 0 Å². The van der Waals surface area contributed by atoms with Gasteiger partial charge in [0, 0.05) is 18.6 Å². The minimum Gasteiger partial charge on any atom is -0.370 e. The lowest BCUT2D eigenvalue weighted by molar-refractivity contribution is -0.135. The molecule has 2 N–H and O–H groups in total. The number of amides is 1. The molecule has 1 aliphatic rings. The molecule has 1 saturated heterocycles. The Labute approximate surface area is 85.4 Å². The monoisotopic (exact) mass is 200 g/mol. The van der Waals surface area contributed by atoms with Crippen molar-refractivity contribution in [3.05, 3.63) is 0 Å². The van der Waals surface area contributed by atoms with Crippen molar-refractivity contribution in [3.63, 3.8) is 0 Å². The fraction of sp³-hybridized carbons (Fsp3) is 0.900. The Morgan fingerprint density at radius 3 is 2.50 bits per heavy atom. The van der Waals surface area contributed by atoms with Crippen molar-refractivity contribution in [1.82, 2.24) is 4.90 Å². The van der Waals surface area contributed by atoms with Crippen LogP contribution in [0.25, 0.3) is 0 Å². The summed E-state index contributed by atoms with van der Waals surface area (Å²) in [5.41, 5.74) is 5.37. The zero-order valence-corrected chi connectivity index (χ0v) is 9.08. The number of likely N-dealkylation sites (tertiary alicyclic amines) is 1. The minimum atomic E-state index is -0.356. The topological polar surface area (TPSA) is 55.6 Å². The largest absolute Gasteiger partial charge is 0.370 e. The number of rotatable bonds is 4. The Kier molecular flexibility index (Phi) is 3.89. The van der Waals surface area contributed by atoms with E-state index in [-0.39, 0.29) is 18.1 Å². The molecule has 0 radical (unpaired) electrons. The van der Waals surface area contributed by atoms with E-state index in [4.69, 9.17) is 10.5 Å². The van der Waals surface area contributed by atoms with Crippen LogP contribution in [0.1, 0.15) is 26.7 Å². The van der Waals surface area contributed by atoms with Crippen LogP contribution in [-0.2, 0) is 9.53 Å². The average molecular weight is 200 g/mol. The Morgan fingerprint density at radius 1 is 1.43 bits per heavy atom. The molecular weight excluding hydrogens is 180 g/mol. The lowest BCUT2D eigenvalue weighted by atomic mass is 10.1. The van der Waals surface area contributed by atoms with Crippen LogP contribution in [0.2, 0.25) is 0 Å². The second-order valence-electron chi connectivity index (χ2n) is 4.57. The summed E-state index contributed by atoms with van der Waals surface area (Å²) in [4.78, 5) is 13.3. The molecule has 0 aromatic heterocycles. The number of carbonyl (C=O) groups is 1. The number of nitrogens with two attached hydrogens (primary N) is 1. The number of hydrogen-bond donors (Lipinski definition) is 1. The van der Waals surface area contributed by atoms with Gasteiger partial charge in [-0.15, -0.1) is 0 Å². The summed E-state index contributed by atoms with van der Waals surface area (Å²) in [7, 11) is 0. The molecule has 0 aromatic carbocycles. The molecule has 82 valence electrons. The maximum atomic E-state index is 11.5. The first kappa shape index (κ1) is 11.5. The van der Waals surface area contributed by atoms with Crippen LogP contribution in [0.3, 0.4) is 0 Å². The third-order valence-corrected chi connectivity index (χ3v) is 2.16. The van der Waals surface area contributed by atoms with Crippen LogP contribution in [0.5, 0.6) is 0 Å². The molecule has 0 bridgehead atoms. The fourth-order valence-corrected chi connectivity index (χ4v) is 1.46. The van der Waals surface area contributed by atoms with Crippen molar-refractivity contribution in [2.24, 2.45) is 5.73 Å².